The highest BCUT2D eigenvalue weighted by atomic mass is 32.2. The molecular weight excluding hydrogens is 232 g/mol. The molecule has 7 heteroatoms. The van der Waals surface area contributed by atoms with Crippen LogP contribution < -0.4 is 5.32 Å². The van der Waals surface area contributed by atoms with E-state index in [2.05, 4.69) is 5.32 Å². The molecule has 2 heterocycles. The first-order chi connectivity index (χ1) is 7.50. The van der Waals surface area contributed by atoms with Gasteiger partial charge >= 0.3 is 5.97 Å². The molecule has 6 nitrogen and oxygen atoms in total. The molecule has 0 aromatic heterocycles. The summed E-state index contributed by atoms with van der Waals surface area (Å²) >= 11 is 1.46. The van der Waals surface area contributed by atoms with Crippen molar-refractivity contribution in [3.8, 4) is 0 Å². The van der Waals surface area contributed by atoms with Gasteiger partial charge in [-0.15, -0.1) is 11.8 Å². The third kappa shape index (κ3) is 1.67. The van der Waals surface area contributed by atoms with Gasteiger partial charge in [-0.3, -0.25) is 14.5 Å². The number of rotatable bonds is 2. The second kappa shape index (κ2) is 3.82. The number of carboxylic acids is 1. The minimum Gasteiger partial charge on any atom is -0.477 e. The molecular formula is C9H10N2O4S. The molecule has 1 unspecified atom stereocenters. The molecule has 1 fully saturated rings. The van der Waals surface area contributed by atoms with E-state index in [-0.39, 0.29) is 22.9 Å². The largest absolute Gasteiger partial charge is 0.477 e. The molecule has 2 amide bonds. The minimum atomic E-state index is -1.18. The van der Waals surface area contributed by atoms with Crippen LogP contribution in [0.15, 0.2) is 11.4 Å². The van der Waals surface area contributed by atoms with Gasteiger partial charge in [0.05, 0.1) is 17.5 Å². The van der Waals surface area contributed by atoms with Gasteiger partial charge in [-0.2, -0.15) is 0 Å². The average molecular weight is 242 g/mol. The highest BCUT2D eigenvalue weighted by Gasteiger charge is 2.45. The van der Waals surface area contributed by atoms with Crippen molar-refractivity contribution in [1.82, 2.24) is 10.2 Å². The van der Waals surface area contributed by atoms with Crippen molar-refractivity contribution < 1.29 is 19.5 Å². The fraction of sp³-hybridized carbons (Fsp3) is 0.444. The number of fused-ring (bicyclic) bond motifs is 1. The summed E-state index contributed by atoms with van der Waals surface area (Å²) in [6, 6.07) is 0. The van der Waals surface area contributed by atoms with Crippen molar-refractivity contribution >= 4 is 29.5 Å². The Morgan fingerprint density at radius 2 is 2.25 bits per heavy atom. The summed E-state index contributed by atoms with van der Waals surface area (Å²) in [6.45, 7) is 1.31. The lowest BCUT2D eigenvalue weighted by Crippen LogP contribution is -2.55. The van der Waals surface area contributed by atoms with Crippen LogP contribution in [0.1, 0.15) is 13.3 Å². The summed E-state index contributed by atoms with van der Waals surface area (Å²) < 4.78 is 0. The Labute approximate surface area is 95.7 Å². The van der Waals surface area contributed by atoms with Crippen LogP contribution in [-0.2, 0) is 14.4 Å². The molecule has 0 radical (unpaired) electrons. The van der Waals surface area contributed by atoms with Crippen molar-refractivity contribution in [3.63, 3.8) is 0 Å². The maximum absolute atomic E-state index is 11.3. The van der Waals surface area contributed by atoms with E-state index in [1.165, 1.54) is 23.6 Å². The number of amides is 2. The first kappa shape index (κ1) is 11.0. The number of nitrogens with one attached hydrogen (secondary N) is 1. The van der Waals surface area contributed by atoms with E-state index in [0.717, 1.165) is 0 Å². The van der Waals surface area contributed by atoms with Crippen LogP contribution in [-0.4, -0.2) is 38.9 Å². The van der Waals surface area contributed by atoms with Crippen LogP contribution in [0.25, 0.3) is 0 Å². The van der Waals surface area contributed by atoms with Crippen molar-refractivity contribution in [2.75, 3.05) is 5.75 Å². The van der Waals surface area contributed by atoms with Gasteiger partial charge < -0.3 is 10.4 Å². The van der Waals surface area contributed by atoms with E-state index in [9.17, 15) is 14.4 Å². The fourth-order valence-corrected chi connectivity index (χ4v) is 2.92. The van der Waals surface area contributed by atoms with Crippen LogP contribution in [0.4, 0.5) is 0 Å². The third-order valence-corrected chi connectivity index (χ3v) is 3.60. The van der Waals surface area contributed by atoms with Crippen LogP contribution >= 0.6 is 11.8 Å². The summed E-state index contributed by atoms with van der Waals surface area (Å²) in [5.41, 5.74) is 0.213. The maximum atomic E-state index is 11.3. The quantitative estimate of drug-likeness (QED) is 0.651. The van der Waals surface area contributed by atoms with Crippen LogP contribution in [0, 0.1) is 0 Å². The highest BCUT2D eigenvalue weighted by Crippen LogP contribution is 2.39. The van der Waals surface area contributed by atoms with Gasteiger partial charge in [-0.25, -0.2) is 4.79 Å². The number of thioether (sulfide) groups is 1. The Hall–Kier alpha value is -1.50. The van der Waals surface area contributed by atoms with Gasteiger partial charge in [0.1, 0.15) is 0 Å². The Balaban J connectivity index is 2.35. The lowest BCUT2D eigenvalue weighted by molar-refractivity contribution is -0.146. The number of carbonyl (C=O) groups excluding carboxylic acids is 2. The smallest absolute Gasteiger partial charge is 0.354 e. The zero-order chi connectivity index (χ0) is 11.9. The average Bonchev–Trinajstić information content (AvgIpc) is 2.17. The predicted molar refractivity (Wildman–Crippen MR) is 56.2 cm³/mol. The highest BCUT2D eigenvalue weighted by molar-refractivity contribution is 8.00. The predicted octanol–water partition coefficient (Wildman–Crippen LogP) is -0.276. The van der Waals surface area contributed by atoms with Crippen LogP contribution in [0.2, 0.25) is 0 Å². The SMILES string of the molecule is CC(=O)NC1=C(C(=O)O)N2C(=O)CC2SC1. The van der Waals surface area contributed by atoms with Crippen molar-refractivity contribution in [2.24, 2.45) is 0 Å². The maximum Gasteiger partial charge on any atom is 0.354 e. The Kier molecular flexibility index (Phi) is 2.63. The van der Waals surface area contributed by atoms with Gasteiger partial charge in [0.15, 0.2) is 5.70 Å². The second-order valence-corrected chi connectivity index (χ2v) is 4.71. The molecule has 0 aromatic rings. The molecule has 0 bridgehead atoms. The zero-order valence-electron chi connectivity index (χ0n) is 8.52. The Bertz CT molecular complexity index is 418. The number of carbonyl (C=O) groups is 3. The molecule has 2 rings (SSSR count). The summed E-state index contributed by atoms with van der Waals surface area (Å²) in [5.74, 6) is -1.31. The monoisotopic (exact) mass is 242 g/mol. The molecule has 0 aliphatic carbocycles. The van der Waals surface area contributed by atoms with Crippen molar-refractivity contribution in [3.05, 3.63) is 11.4 Å². The molecule has 86 valence electrons. The van der Waals surface area contributed by atoms with Crippen LogP contribution in [0.5, 0.6) is 0 Å². The summed E-state index contributed by atoms with van der Waals surface area (Å²) in [7, 11) is 0. The summed E-state index contributed by atoms with van der Waals surface area (Å²) in [4.78, 5) is 34.5. The van der Waals surface area contributed by atoms with Crippen molar-refractivity contribution in [1.29, 1.82) is 0 Å². The number of hydrogen-bond acceptors (Lipinski definition) is 4. The van der Waals surface area contributed by atoms with E-state index >= 15 is 0 Å². The molecule has 2 aliphatic heterocycles. The number of carboxylic acid groups (broad SMARTS) is 1. The van der Waals surface area contributed by atoms with Gasteiger partial charge in [0.2, 0.25) is 11.8 Å². The topological polar surface area (TPSA) is 86.7 Å². The Morgan fingerprint density at radius 3 is 2.75 bits per heavy atom. The zero-order valence-corrected chi connectivity index (χ0v) is 9.34. The molecule has 0 aromatic carbocycles. The minimum absolute atomic E-state index is 0.0869. The normalized spacial score (nSPS) is 23.7. The van der Waals surface area contributed by atoms with E-state index in [1.807, 2.05) is 0 Å². The first-order valence-corrected chi connectivity index (χ1v) is 5.73. The van der Waals surface area contributed by atoms with E-state index < -0.39 is 5.97 Å². The molecule has 16 heavy (non-hydrogen) atoms. The molecule has 1 atom stereocenters. The standard InChI is InChI=1S/C9H10N2O4S/c1-4(12)10-5-3-16-7-2-6(13)11(7)8(5)9(14)15/h7H,2-3H2,1H3,(H,10,12)(H,14,15). The van der Waals surface area contributed by atoms with Gasteiger partial charge in [0, 0.05) is 12.7 Å². The number of nitrogens with zero attached hydrogens (tertiary/aromatic N) is 1. The second-order valence-electron chi connectivity index (χ2n) is 3.55. The summed E-state index contributed by atoms with van der Waals surface area (Å²) in [5, 5.41) is 11.4. The van der Waals surface area contributed by atoms with Crippen LogP contribution in [0.3, 0.4) is 0 Å². The molecule has 1 saturated heterocycles. The lowest BCUT2D eigenvalue weighted by atomic mass is 10.1. The molecule has 0 spiro atoms. The molecule has 2 aliphatic rings. The lowest BCUT2D eigenvalue weighted by Gasteiger charge is -2.43. The van der Waals surface area contributed by atoms with E-state index in [4.69, 9.17) is 5.11 Å². The number of β-lactam (4-membered cyclic amide) rings is 1. The number of hydrogen-bond donors (Lipinski definition) is 2. The molecule has 2 N–H and O–H groups in total. The number of aliphatic carboxylic acids is 1. The van der Waals surface area contributed by atoms with Gasteiger partial charge in [-0.05, 0) is 0 Å². The van der Waals surface area contributed by atoms with Gasteiger partial charge in [0.25, 0.3) is 0 Å². The van der Waals surface area contributed by atoms with E-state index in [1.54, 1.807) is 0 Å². The first-order valence-electron chi connectivity index (χ1n) is 4.68. The fourth-order valence-electron chi connectivity index (χ4n) is 1.72. The summed E-state index contributed by atoms with van der Waals surface area (Å²) in [6.07, 6.45) is 0.370. The van der Waals surface area contributed by atoms with E-state index in [0.29, 0.717) is 17.9 Å². The van der Waals surface area contributed by atoms with Gasteiger partial charge in [-0.1, -0.05) is 0 Å². The molecule has 0 saturated carbocycles. The van der Waals surface area contributed by atoms with Crippen molar-refractivity contribution in [2.45, 2.75) is 18.7 Å². The third-order valence-electron chi connectivity index (χ3n) is 2.38. The Morgan fingerprint density at radius 1 is 1.56 bits per heavy atom.